The number of carbonyl (C=O) groups is 1. The van der Waals surface area contributed by atoms with Gasteiger partial charge < -0.3 is 9.72 Å². The van der Waals surface area contributed by atoms with E-state index in [1.165, 1.54) is 25.3 Å². The molecule has 0 radical (unpaired) electrons. The molecule has 0 aliphatic carbocycles. The Morgan fingerprint density at radius 1 is 1.44 bits per heavy atom. The molecule has 2 rings (SSSR count). The van der Waals surface area contributed by atoms with Crippen molar-refractivity contribution in [1.29, 1.82) is 0 Å². The number of para-hydroxylation sites is 1. The van der Waals surface area contributed by atoms with Crippen LogP contribution < -0.4 is 5.56 Å². The van der Waals surface area contributed by atoms with E-state index in [4.69, 9.17) is 0 Å². The molecule has 94 valence electrons. The maximum atomic E-state index is 13.6. The van der Waals surface area contributed by atoms with E-state index in [0.29, 0.717) is 10.9 Å². The second kappa shape index (κ2) is 4.60. The first-order chi connectivity index (χ1) is 8.54. The largest absolute Gasteiger partial charge is 0.469 e. The molecule has 18 heavy (non-hydrogen) atoms. The highest BCUT2D eigenvalue weighted by Gasteiger charge is 2.19. The fourth-order valence-corrected chi connectivity index (χ4v) is 1.93. The SMILES string of the molecule is COC(=O)C(C)c1cc(=O)[nH]c2c(F)cccc12. The van der Waals surface area contributed by atoms with Crippen LogP contribution >= 0.6 is 0 Å². The van der Waals surface area contributed by atoms with E-state index < -0.39 is 23.3 Å². The number of aromatic amines is 1. The topological polar surface area (TPSA) is 59.2 Å². The van der Waals surface area contributed by atoms with Crippen LogP contribution in [0.5, 0.6) is 0 Å². The van der Waals surface area contributed by atoms with Gasteiger partial charge in [0, 0.05) is 11.5 Å². The zero-order valence-corrected chi connectivity index (χ0v) is 9.99. The van der Waals surface area contributed by atoms with Crippen LogP contribution in [0.2, 0.25) is 0 Å². The van der Waals surface area contributed by atoms with E-state index in [9.17, 15) is 14.0 Å². The molecular formula is C13H12FNO3. The first-order valence-electron chi connectivity index (χ1n) is 5.44. The van der Waals surface area contributed by atoms with Gasteiger partial charge >= 0.3 is 5.97 Å². The number of nitrogens with one attached hydrogen (secondary N) is 1. The average Bonchev–Trinajstić information content (AvgIpc) is 2.37. The van der Waals surface area contributed by atoms with Crippen LogP contribution in [0.25, 0.3) is 10.9 Å². The van der Waals surface area contributed by atoms with Crippen LogP contribution in [0.4, 0.5) is 4.39 Å². The number of ether oxygens (including phenoxy) is 1. The summed E-state index contributed by atoms with van der Waals surface area (Å²) in [4.78, 5) is 25.4. The van der Waals surface area contributed by atoms with Gasteiger partial charge in [-0.15, -0.1) is 0 Å². The van der Waals surface area contributed by atoms with Gasteiger partial charge in [0.05, 0.1) is 18.5 Å². The van der Waals surface area contributed by atoms with E-state index in [-0.39, 0.29) is 5.52 Å². The number of methoxy groups -OCH3 is 1. The van der Waals surface area contributed by atoms with Crippen molar-refractivity contribution >= 4 is 16.9 Å². The van der Waals surface area contributed by atoms with Crippen molar-refractivity contribution in [2.45, 2.75) is 12.8 Å². The number of rotatable bonds is 2. The average molecular weight is 249 g/mol. The Bertz CT molecular complexity index is 663. The molecule has 0 fully saturated rings. The van der Waals surface area contributed by atoms with Gasteiger partial charge in [0.25, 0.3) is 0 Å². The number of halogens is 1. The van der Waals surface area contributed by atoms with E-state index in [1.807, 2.05) is 0 Å². The van der Waals surface area contributed by atoms with Crippen molar-refractivity contribution < 1.29 is 13.9 Å². The van der Waals surface area contributed by atoms with Gasteiger partial charge in [-0.25, -0.2) is 4.39 Å². The monoisotopic (exact) mass is 249 g/mol. The molecule has 1 heterocycles. The number of pyridine rings is 1. The molecule has 0 aliphatic heterocycles. The Morgan fingerprint density at radius 2 is 2.17 bits per heavy atom. The zero-order chi connectivity index (χ0) is 13.3. The van der Waals surface area contributed by atoms with Gasteiger partial charge in [-0.3, -0.25) is 9.59 Å². The molecule has 0 saturated heterocycles. The number of aromatic nitrogens is 1. The molecule has 0 saturated carbocycles. The number of hydrogen-bond acceptors (Lipinski definition) is 3. The number of benzene rings is 1. The fourth-order valence-electron chi connectivity index (χ4n) is 1.93. The second-order valence-electron chi connectivity index (χ2n) is 4.00. The minimum Gasteiger partial charge on any atom is -0.469 e. The van der Waals surface area contributed by atoms with E-state index in [2.05, 4.69) is 9.72 Å². The molecule has 1 aromatic heterocycles. The van der Waals surface area contributed by atoms with Crippen LogP contribution in [0.15, 0.2) is 29.1 Å². The molecule has 0 amide bonds. The molecule has 5 heteroatoms. The Balaban J connectivity index is 2.74. The predicted molar refractivity (Wildman–Crippen MR) is 65.0 cm³/mol. The predicted octanol–water partition coefficient (Wildman–Crippen LogP) is 1.94. The molecule has 2 aromatic rings. The summed E-state index contributed by atoms with van der Waals surface area (Å²) in [5.74, 6) is -1.61. The molecule has 1 unspecified atom stereocenters. The summed E-state index contributed by atoms with van der Waals surface area (Å²) in [7, 11) is 1.27. The highest BCUT2D eigenvalue weighted by molar-refractivity contribution is 5.89. The Hall–Kier alpha value is -2.17. The maximum absolute atomic E-state index is 13.6. The standard InChI is InChI=1S/C13H12FNO3/c1-7(13(17)18-2)9-6-11(16)15-12-8(9)4-3-5-10(12)14/h3-7H,1-2H3,(H,15,16). The Kier molecular flexibility index (Phi) is 3.14. The number of H-pyrrole nitrogens is 1. The lowest BCUT2D eigenvalue weighted by atomic mass is 9.97. The van der Waals surface area contributed by atoms with Crippen LogP contribution in [-0.2, 0) is 9.53 Å². The fraction of sp³-hybridized carbons (Fsp3) is 0.231. The van der Waals surface area contributed by atoms with Crippen molar-refractivity contribution in [3.8, 4) is 0 Å². The smallest absolute Gasteiger partial charge is 0.312 e. The normalized spacial score (nSPS) is 12.4. The third-order valence-corrected chi connectivity index (χ3v) is 2.88. The highest BCUT2D eigenvalue weighted by Crippen LogP contribution is 2.25. The lowest BCUT2D eigenvalue weighted by Crippen LogP contribution is -2.15. The van der Waals surface area contributed by atoms with Crippen molar-refractivity contribution in [3.05, 3.63) is 46.0 Å². The number of carbonyl (C=O) groups excluding carboxylic acids is 1. The van der Waals surface area contributed by atoms with Crippen molar-refractivity contribution in [2.24, 2.45) is 0 Å². The first-order valence-corrected chi connectivity index (χ1v) is 5.44. The summed E-state index contributed by atoms with van der Waals surface area (Å²) in [6, 6.07) is 5.74. The second-order valence-corrected chi connectivity index (χ2v) is 4.00. The summed E-state index contributed by atoms with van der Waals surface area (Å²) in [5, 5.41) is 0.507. The first kappa shape index (κ1) is 12.3. The van der Waals surface area contributed by atoms with Crippen molar-refractivity contribution in [2.75, 3.05) is 7.11 Å². The molecule has 4 nitrogen and oxygen atoms in total. The van der Waals surface area contributed by atoms with Crippen LogP contribution in [0.1, 0.15) is 18.4 Å². The molecule has 1 atom stereocenters. The Morgan fingerprint density at radius 3 is 2.83 bits per heavy atom. The zero-order valence-electron chi connectivity index (χ0n) is 9.99. The number of hydrogen-bond donors (Lipinski definition) is 1. The minimum atomic E-state index is -0.624. The van der Waals surface area contributed by atoms with Crippen molar-refractivity contribution in [3.63, 3.8) is 0 Å². The summed E-state index contributed by atoms with van der Waals surface area (Å²) in [5.41, 5.74) is 0.120. The third-order valence-electron chi connectivity index (χ3n) is 2.88. The molecule has 0 aliphatic rings. The highest BCUT2D eigenvalue weighted by atomic mass is 19.1. The Labute approximate surface area is 102 Å². The molecule has 1 aromatic carbocycles. The van der Waals surface area contributed by atoms with Gasteiger partial charge in [-0.05, 0) is 18.6 Å². The molecule has 1 N–H and O–H groups in total. The minimum absolute atomic E-state index is 0.107. The summed E-state index contributed by atoms with van der Waals surface area (Å²) in [6.07, 6.45) is 0. The van der Waals surface area contributed by atoms with Crippen LogP contribution in [0.3, 0.4) is 0 Å². The molecule has 0 spiro atoms. The quantitative estimate of drug-likeness (QED) is 0.827. The number of fused-ring (bicyclic) bond motifs is 1. The van der Waals surface area contributed by atoms with E-state index in [0.717, 1.165) is 0 Å². The number of esters is 1. The van der Waals surface area contributed by atoms with Gasteiger partial charge in [-0.2, -0.15) is 0 Å². The van der Waals surface area contributed by atoms with Crippen molar-refractivity contribution in [1.82, 2.24) is 4.98 Å². The van der Waals surface area contributed by atoms with E-state index in [1.54, 1.807) is 13.0 Å². The van der Waals surface area contributed by atoms with Gasteiger partial charge in [0.1, 0.15) is 5.82 Å². The van der Waals surface area contributed by atoms with Crippen LogP contribution in [0, 0.1) is 5.82 Å². The van der Waals surface area contributed by atoms with Crippen LogP contribution in [-0.4, -0.2) is 18.1 Å². The lowest BCUT2D eigenvalue weighted by Gasteiger charge is -2.12. The summed E-state index contributed by atoms with van der Waals surface area (Å²) < 4.78 is 18.2. The maximum Gasteiger partial charge on any atom is 0.312 e. The summed E-state index contributed by atoms with van der Waals surface area (Å²) in [6.45, 7) is 1.62. The van der Waals surface area contributed by atoms with E-state index >= 15 is 0 Å². The third kappa shape index (κ3) is 1.99. The van der Waals surface area contributed by atoms with Gasteiger partial charge in [0.15, 0.2) is 0 Å². The molecular weight excluding hydrogens is 237 g/mol. The molecule has 0 bridgehead atoms. The van der Waals surface area contributed by atoms with Gasteiger partial charge in [-0.1, -0.05) is 12.1 Å². The van der Waals surface area contributed by atoms with Gasteiger partial charge in [0.2, 0.25) is 5.56 Å². The summed E-state index contributed by atoms with van der Waals surface area (Å²) >= 11 is 0. The lowest BCUT2D eigenvalue weighted by molar-refractivity contribution is -0.141.